The molecule has 0 N–H and O–H groups in total. The molecule has 2 amide bonds. The largest absolute Gasteiger partial charge is 0.481 e. The van der Waals surface area contributed by atoms with Crippen molar-refractivity contribution < 1.29 is 23.8 Å². The summed E-state index contributed by atoms with van der Waals surface area (Å²) >= 11 is 5.86. The standard InChI is InChI=1S/C19H27ClN2O5/c1-15(27-17-6-4-16(20)5-7-17)19(24)22-9-3-8-21(10-11-22)18(23)14-26-13-12-25-2/h4-7,15H,3,8-14H2,1-2H3. The summed E-state index contributed by atoms with van der Waals surface area (Å²) in [7, 11) is 1.59. The Morgan fingerprint density at radius 2 is 1.74 bits per heavy atom. The lowest BCUT2D eigenvalue weighted by Gasteiger charge is -2.25. The molecule has 2 rings (SSSR count). The van der Waals surface area contributed by atoms with Gasteiger partial charge in [-0.05, 0) is 37.6 Å². The molecule has 0 bridgehead atoms. The van der Waals surface area contributed by atoms with Crippen molar-refractivity contribution in [1.82, 2.24) is 9.80 Å². The van der Waals surface area contributed by atoms with Crippen LogP contribution < -0.4 is 4.74 Å². The van der Waals surface area contributed by atoms with Gasteiger partial charge in [-0.25, -0.2) is 0 Å². The van der Waals surface area contributed by atoms with Crippen LogP contribution in [0.1, 0.15) is 13.3 Å². The van der Waals surface area contributed by atoms with Crippen molar-refractivity contribution in [2.75, 3.05) is 53.1 Å². The highest BCUT2D eigenvalue weighted by Gasteiger charge is 2.26. The van der Waals surface area contributed by atoms with Gasteiger partial charge in [0, 0.05) is 38.3 Å². The third-order valence-electron chi connectivity index (χ3n) is 4.29. The second-order valence-electron chi connectivity index (χ2n) is 6.32. The van der Waals surface area contributed by atoms with Crippen molar-refractivity contribution in [3.05, 3.63) is 29.3 Å². The number of carbonyl (C=O) groups excluding carboxylic acids is 2. The second-order valence-corrected chi connectivity index (χ2v) is 6.76. The van der Waals surface area contributed by atoms with Crippen LogP contribution in [-0.4, -0.2) is 80.8 Å². The third kappa shape index (κ3) is 7.01. The summed E-state index contributed by atoms with van der Waals surface area (Å²) in [6.45, 7) is 4.80. The normalized spacial score (nSPS) is 16.0. The van der Waals surface area contributed by atoms with Crippen LogP contribution in [0, 0.1) is 0 Å². The van der Waals surface area contributed by atoms with E-state index < -0.39 is 6.10 Å². The zero-order chi connectivity index (χ0) is 19.6. The van der Waals surface area contributed by atoms with E-state index in [1.807, 2.05) is 0 Å². The number of carbonyl (C=O) groups is 2. The Balaban J connectivity index is 1.80. The van der Waals surface area contributed by atoms with Crippen LogP contribution in [0.15, 0.2) is 24.3 Å². The van der Waals surface area contributed by atoms with Crippen molar-refractivity contribution in [3.8, 4) is 5.75 Å². The minimum Gasteiger partial charge on any atom is -0.481 e. The van der Waals surface area contributed by atoms with E-state index in [0.29, 0.717) is 50.2 Å². The molecule has 1 unspecified atom stereocenters. The molecule has 27 heavy (non-hydrogen) atoms. The smallest absolute Gasteiger partial charge is 0.263 e. The molecule has 150 valence electrons. The van der Waals surface area contributed by atoms with Crippen molar-refractivity contribution in [3.63, 3.8) is 0 Å². The lowest BCUT2D eigenvalue weighted by Crippen LogP contribution is -2.43. The van der Waals surface area contributed by atoms with Gasteiger partial charge in [0.05, 0.1) is 13.2 Å². The van der Waals surface area contributed by atoms with Crippen LogP contribution in [0.25, 0.3) is 0 Å². The highest BCUT2D eigenvalue weighted by atomic mass is 35.5. The highest BCUT2D eigenvalue weighted by molar-refractivity contribution is 6.30. The molecular formula is C19H27ClN2O5. The fourth-order valence-electron chi connectivity index (χ4n) is 2.81. The molecule has 1 aliphatic heterocycles. The van der Waals surface area contributed by atoms with Gasteiger partial charge in [-0.15, -0.1) is 0 Å². The van der Waals surface area contributed by atoms with Gasteiger partial charge in [-0.2, -0.15) is 0 Å². The van der Waals surface area contributed by atoms with E-state index in [1.54, 1.807) is 48.1 Å². The minimum absolute atomic E-state index is 0.0351. The molecular weight excluding hydrogens is 372 g/mol. The third-order valence-corrected chi connectivity index (χ3v) is 4.54. The SMILES string of the molecule is COCCOCC(=O)N1CCCN(C(=O)C(C)Oc2ccc(Cl)cc2)CC1. The van der Waals surface area contributed by atoms with E-state index in [1.165, 1.54) is 0 Å². The lowest BCUT2D eigenvalue weighted by molar-refractivity contribution is -0.139. The van der Waals surface area contributed by atoms with Gasteiger partial charge in [-0.1, -0.05) is 11.6 Å². The molecule has 0 spiro atoms. The number of hydrogen-bond acceptors (Lipinski definition) is 5. The molecule has 0 radical (unpaired) electrons. The topological polar surface area (TPSA) is 68.3 Å². The van der Waals surface area contributed by atoms with Crippen molar-refractivity contribution >= 4 is 23.4 Å². The number of methoxy groups -OCH3 is 1. The molecule has 1 aromatic carbocycles. The van der Waals surface area contributed by atoms with Crippen molar-refractivity contribution in [2.45, 2.75) is 19.4 Å². The number of nitrogens with zero attached hydrogens (tertiary/aromatic N) is 2. The molecule has 8 heteroatoms. The minimum atomic E-state index is -0.606. The van der Waals surface area contributed by atoms with Crippen molar-refractivity contribution in [1.29, 1.82) is 0 Å². The average Bonchev–Trinajstić information content (AvgIpc) is 2.92. The summed E-state index contributed by atoms with van der Waals surface area (Å²) in [5.74, 6) is 0.446. The molecule has 7 nitrogen and oxygen atoms in total. The molecule has 1 aliphatic rings. The van der Waals surface area contributed by atoms with Crippen molar-refractivity contribution in [2.24, 2.45) is 0 Å². The first-order valence-electron chi connectivity index (χ1n) is 9.06. The molecule has 0 aliphatic carbocycles. The molecule has 1 aromatic rings. The summed E-state index contributed by atoms with van der Waals surface area (Å²) in [5.41, 5.74) is 0. The van der Waals surface area contributed by atoms with Crippen LogP contribution >= 0.6 is 11.6 Å². The Morgan fingerprint density at radius 1 is 1.07 bits per heavy atom. The first-order valence-corrected chi connectivity index (χ1v) is 9.44. The molecule has 1 fully saturated rings. The zero-order valence-electron chi connectivity index (χ0n) is 15.9. The van der Waals surface area contributed by atoms with E-state index in [0.717, 1.165) is 6.42 Å². The van der Waals surface area contributed by atoms with Crippen LogP contribution in [0.2, 0.25) is 5.02 Å². The highest BCUT2D eigenvalue weighted by Crippen LogP contribution is 2.17. The van der Waals surface area contributed by atoms with Crippen LogP contribution in [0.3, 0.4) is 0 Å². The molecule has 0 aromatic heterocycles. The number of benzene rings is 1. The predicted molar refractivity (Wildman–Crippen MR) is 102 cm³/mol. The van der Waals surface area contributed by atoms with E-state index >= 15 is 0 Å². The summed E-state index contributed by atoms with van der Waals surface area (Å²) in [6.07, 6.45) is 0.120. The molecule has 0 saturated carbocycles. The maximum atomic E-state index is 12.7. The summed E-state index contributed by atoms with van der Waals surface area (Å²) in [4.78, 5) is 28.4. The van der Waals surface area contributed by atoms with Gasteiger partial charge < -0.3 is 24.0 Å². The Bertz CT molecular complexity index is 611. The van der Waals surface area contributed by atoms with E-state index in [9.17, 15) is 9.59 Å². The second kappa shape index (κ2) is 11.1. The monoisotopic (exact) mass is 398 g/mol. The number of hydrogen-bond donors (Lipinski definition) is 0. The van der Waals surface area contributed by atoms with E-state index in [4.69, 9.17) is 25.8 Å². The quantitative estimate of drug-likeness (QED) is 0.625. The summed E-state index contributed by atoms with van der Waals surface area (Å²) in [5, 5.41) is 0.616. The van der Waals surface area contributed by atoms with Gasteiger partial charge in [0.15, 0.2) is 6.10 Å². The van der Waals surface area contributed by atoms with Crippen LogP contribution in [0.4, 0.5) is 0 Å². The van der Waals surface area contributed by atoms with Crippen LogP contribution in [0.5, 0.6) is 5.75 Å². The predicted octanol–water partition coefficient (Wildman–Crippen LogP) is 1.83. The van der Waals surface area contributed by atoms with E-state index in [-0.39, 0.29) is 18.4 Å². The molecule has 1 saturated heterocycles. The average molecular weight is 399 g/mol. The lowest BCUT2D eigenvalue weighted by atomic mass is 10.3. The maximum Gasteiger partial charge on any atom is 0.263 e. The number of ether oxygens (including phenoxy) is 3. The Labute approximate surface area is 165 Å². The first-order chi connectivity index (χ1) is 13.0. The Morgan fingerprint density at radius 3 is 2.44 bits per heavy atom. The van der Waals surface area contributed by atoms with Gasteiger partial charge in [0.1, 0.15) is 12.4 Å². The van der Waals surface area contributed by atoms with Gasteiger partial charge >= 0.3 is 0 Å². The number of rotatable bonds is 8. The number of amides is 2. The summed E-state index contributed by atoms with van der Waals surface area (Å²) < 4.78 is 15.9. The molecule has 1 atom stereocenters. The summed E-state index contributed by atoms with van der Waals surface area (Å²) in [6, 6.07) is 6.91. The fourth-order valence-corrected chi connectivity index (χ4v) is 2.93. The first kappa shape index (κ1) is 21.5. The van der Waals surface area contributed by atoms with E-state index in [2.05, 4.69) is 0 Å². The molecule has 1 heterocycles. The van der Waals surface area contributed by atoms with Gasteiger partial charge in [-0.3, -0.25) is 9.59 Å². The Kier molecular flexibility index (Phi) is 8.84. The maximum absolute atomic E-state index is 12.7. The van der Waals surface area contributed by atoms with Crippen LogP contribution in [-0.2, 0) is 19.1 Å². The van der Waals surface area contributed by atoms with Gasteiger partial charge in [0.25, 0.3) is 5.91 Å². The Hall–Kier alpha value is -1.83. The number of halogens is 1. The zero-order valence-corrected chi connectivity index (χ0v) is 16.6. The fraction of sp³-hybridized carbons (Fsp3) is 0.579. The van der Waals surface area contributed by atoms with Gasteiger partial charge in [0.2, 0.25) is 5.91 Å².